The van der Waals surface area contributed by atoms with E-state index in [1.54, 1.807) is 0 Å². The largest absolute Gasteiger partial charge is 0.300 e. The number of aromatic nitrogens is 3. The maximum Gasteiger partial charge on any atom is 0.224 e. The number of halogens is 2. The molecular formula is C12H7Cl2N3. The highest BCUT2D eigenvalue weighted by Crippen LogP contribution is 2.24. The molecule has 0 aliphatic rings. The molecule has 0 aliphatic heterocycles. The van der Waals surface area contributed by atoms with E-state index in [-0.39, 0.29) is 5.28 Å². The Morgan fingerprint density at radius 3 is 2.76 bits per heavy atom. The van der Waals surface area contributed by atoms with Crippen LogP contribution in [0.15, 0.2) is 42.7 Å². The minimum absolute atomic E-state index is 0.183. The van der Waals surface area contributed by atoms with Gasteiger partial charge in [-0.15, -0.1) is 0 Å². The first-order valence-corrected chi connectivity index (χ1v) is 5.76. The summed E-state index contributed by atoms with van der Waals surface area (Å²) in [5, 5.41) is 1.77. The van der Waals surface area contributed by atoms with E-state index in [9.17, 15) is 0 Å². The number of para-hydroxylation sites is 1. The number of hydrogen-bond donors (Lipinski definition) is 0. The molecule has 2 aromatic heterocycles. The molecule has 0 fully saturated rings. The lowest BCUT2D eigenvalue weighted by Gasteiger charge is -2.06. The molecule has 3 rings (SSSR count). The van der Waals surface area contributed by atoms with Crippen molar-refractivity contribution in [3.8, 4) is 5.82 Å². The zero-order valence-electron chi connectivity index (χ0n) is 8.64. The first kappa shape index (κ1) is 10.6. The van der Waals surface area contributed by atoms with Gasteiger partial charge < -0.3 is 0 Å². The monoisotopic (exact) mass is 263 g/mol. The molecular weight excluding hydrogens is 257 g/mol. The number of hydrogen-bond acceptors (Lipinski definition) is 2. The van der Waals surface area contributed by atoms with Gasteiger partial charge in [-0.1, -0.05) is 29.8 Å². The second-order valence-corrected chi connectivity index (χ2v) is 4.30. The normalized spacial score (nSPS) is 10.9. The number of nitrogens with zero attached hydrogens (tertiary/aromatic N) is 3. The van der Waals surface area contributed by atoms with E-state index >= 15 is 0 Å². The van der Waals surface area contributed by atoms with Crippen LogP contribution in [0.4, 0.5) is 0 Å². The van der Waals surface area contributed by atoms with Gasteiger partial charge in [0.05, 0.1) is 11.7 Å². The molecule has 84 valence electrons. The van der Waals surface area contributed by atoms with E-state index in [0.717, 1.165) is 10.9 Å². The number of benzene rings is 1. The maximum absolute atomic E-state index is 6.08. The molecule has 3 nitrogen and oxygen atoms in total. The zero-order valence-corrected chi connectivity index (χ0v) is 10.2. The van der Waals surface area contributed by atoms with Crippen LogP contribution in [0.2, 0.25) is 10.3 Å². The smallest absolute Gasteiger partial charge is 0.224 e. The molecule has 3 aromatic rings. The predicted octanol–water partition coefficient (Wildman–Crippen LogP) is 3.73. The van der Waals surface area contributed by atoms with E-state index < -0.39 is 0 Å². The lowest BCUT2D eigenvalue weighted by atomic mass is 10.2. The van der Waals surface area contributed by atoms with E-state index in [2.05, 4.69) is 9.97 Å². The molecule has 2 heterocycles. The second-order valence-electron chi connectivity index (χ2n) is 3.56. The van der Waals surface area contributed by atoms with Crippen molar-refractivity contribution in [3.63, 3.8) is 0 Å². The van der Waals surface area contributed by atoms with Crippen molar-refractivity contribution in [2.75, 3.05) is 0 Å². The minimum atomic E-state index is 0.183. The Morgan fingerprint density at radius 1 is 1.06 bits per heavy atom. The molecule has 0 aliphatic carbocycles. The van der Waals surface area contributed by atoms with Crippen molar-refractivity contribution in [2.45, 2.75) is 0 Å². The van der Waals surface area contributed by atoms with Gasteiger partial charge in [-0.25, -0.2) is 4.98 Å². The van der Waals surface area contributed by atoms with Gasteiger partial charge in [0, 0.05) is 6.20 Å². The Morgan fingerprint density at radius 2 is 1.88 bits per heavy atom. The summed E-state index contributed by atoms with van der Waals surface area (Å²) in [6, 6.07) is 9.99. The van der Waals surface area contributed by atoms with E-state index in [0.29, 0.717) is 10.8 Å². The van der Waals surface area contributed by atoms with Gasteiger partial charge in [0.15, 0.2) is 5.82 Å². The van der Waals surface area contributed by atoms with Gasteiger partial charge >= 0.3 is 0 Å². The van der Waals surface area contributed by atoms with Crippen molar-refractivity contribution in [1.29, 1.82) is 0 Å². The van der Waals surface area contributed by atoms with Gasteiger partial charge in [-0.05, 0) is 29.1 Å². The fourth-order valence-corrected chi connectivity index (χ4v) is 2.08. The summed E-state index contributed by atoms with van der Waals surface area (Å²) in [4.78, 5) is 7.99. The molecule has 0 atom stereocenters. The molecule has 0 N–H and O–H groups in total. The fraction of sp³-hybridized carbons (Fsp3) is 0. The molecule has 0 saturated carbocycles. The van der Waals surface area contributed by atoms with Gasteiger partial charge in [-0.2, -0.15) is 4.98 Å². The molecule has 17 heavy (non-hydrogen) atoms. The first-order valence-electron chi connectivity index (χ1n) is 5.00. The predicted molar refractivity (Wildman–Crippen MR) is 68.9 cm³/mol. The summed E-state index contributed by atoms with van der Waals surface area (Å²) in [6.45, 7) is 0. The van der Waals surface area contributed by atoms with Crippen LogP contribution in [0.1, 0.15) is 0 Å². The molecule has 0 amide bonds. The third-order valence-corrected chi connectivity index (χ3v) is 2.97. The number of rotatable bonds is 1. The second kappa shape index (κ2) is 4.02. The number of fused-ring (bicyclic) bond motifs is 1. The summed E-state index contributed by atoms with van der Waals surface area (Å²) in [6.07, 6.45) is 3.41. The molecule has 0 unspecified atom stereocenters. The van der Waals surface area contributed by atoms with E-state index in [4.69, 9.17) is 23.2 Å². The Labute approximate surface area is 108 Å². The van der Waals surface area contributed by atoms with Crippen LogP contribution < -0.4 is 0 Å². The fourth-order valence-electron chi connectivity index (χ4n) is 1.77. The molecule has 1 aromatic carbocycles. The standard InChI is InChI=1S/C12H7Cl2N3/c13-9-7-15-12(14)16-11(9)17-6-5-8-3-1-2-4-10(8)17/h1-7H. The third kappa shape index (κ3) is 1.77. The Hall–Kier alpha value is -1.58. The summed E-state index contributed by atoms with van der Waals surface area (Å²) < 4.78 is 1.89. The van der Waals surface area contributed by atoms with Crippen molar-refractivity contribution >= 4 is 34.1 Å². The molecule has 0 saturated heterocycles. The van der Waals surface area contributed by atoms with Crippen molar-refractivity contribution in [3.05, 3.63) is 53.0 Å². The highest BCUT2D eigenvalue weighted by Gasteiger charge is 2.09. The zero-order chi connectivity index (χ0) is 11.8. The van der Waals surface area contributed by atoms with E-state index in [1.807, 2.05) is 41.1 Å². The molecule has 0 radical (unpaired) electrons. The highest BCUT2D eigenvalue weighted by molar-refractivity contribution is 6.33. The van der Waals surface area contributed by atoms with Crippen molar-refractivity contribution in [1.82, 2.24) is 14.5 Å². The average Bonchev–Trinajstić information content (AvgIpc) is 2.76. The quantitative estimate of drug-likeness (QED) is 0.627. The van der Waals surface area contributed by atoms with Crippen LogP contribution in [-0.2, 0) is 0 Å². The van der Waals surface area contributed by atoms with Crippen LogP contribution in [0, 0.1) is 0 Å². The maximum atomic E-state index is 6.08. The lowest BCUT2D eigenvalue weighted by molar-refractivity contribution is 1.01. The van der Waals surface area contributed by atoms with Crippen molar-refractivity contribution in [2.24, 2.45) is 0 Å². The minimum Gasteiger partial charge on any atom is -0.300 e. The van der Waals surface area contributed by atoms with Crippen LogP contribution >= 0.6 is 23.2 Å². The lowest BCUT2D eigenvalue weighted by Crippen LogP contribution is -1.98. The average molecular weight is 264 g/mol. The van der Waals surface area contributed by atoms with Gasteiger partial charge in [0.25, 0.3) is 0 Å². The SMILES string of the molecule is Clc1ncc(Cl)c(-n2ccc3ccccc32)n1. The molecule has 5 heteroatoms. The topological polar surface area (TPSA) is 30.7 Å². The van der Waals surface area contributed by atoms with Crippen LogP contribution in [0.25, 0.3) is 16.7 Å². The summed E-state index contributed by atoms with van der Waals surface area (Å²) in [5.41, 5.74) is 1.03. The Kier molecular flexibility index (Phi) is 2.50. The van der Waals surface area contributed by atoms with Crippen LogP contribution in [0.3, 0.4) is 0 Å². The van der Waals surface area contributed by atoms with Crippen LogP contribution in [0.5, 0.6) is 0 Å². The third-order valence-electron chi connectivity index (χ3n) is 2.52. The van der Waals surface area contributed by atoms with Gasteiger partial charge in [0.2, 0.25) is 5.28 Å². The summed E-state index contributed by atoms with van der Waals surface area (Å²) in [7, 11) is 0. The van der Waals surface area contributed by atoms with Crippen LogP contribution in [-0.4, -0.2) is 14.5 Å². The molecule has 0 bridgehead atoms. The Balaban J connectivity index is 2.31. The highest BCUT2D eigenvalue weighted by atomic mass is 35.5. The van der Waals surface area contributed by atoms with Gasteiger partial charge in [-0.3, -0.25) is 4.57 Å². The van der Waals surface area contributed by atoms with Gasteiger partial charge in [0.1, 0.15) is 5.02 Å². The van der Waals surface area contributed by atoms with E-state index in [1.165, 1.54) is 6.20 Å². The molecule has 0 spiro atoms. The van der Waals surface area contributed by atoms with Crippen molar-refractivity contribution < 1.29 is 0 Å². The summed E-state index contributed by atoms with van der Waals surface area (Å²) >= 11 is 11.9. The first-order chi connectivity index (χ1) is 8.25. The Bertz CT molecular complexity index is 691. The summed E-state index contributed by atoms with van der Waals surface area (Å²) in [5.74, 6) is 0.591.